The minimum atomic E-state index is -1.82. The van der Waals surface area contributed by atoms with Crippen molar-refractivity contribution in [3.05, 3.63) is 12.2 Å². The van der Waals surface area contributed by atoms with Gasteiger partial charge in [-0.1, -0.05) is 91.2 Å². The van der Waals surface area contributed by atoms with E-state index in [1.54, 1.807) is 7.11 Å². The Morgan fingerprint density at radius 2 is 1.33 bits per heavy atom. The van der Waals surface area contributed by atoms with Crippen molar-refractivity contribution in [2.45, 2.75) is 142 Å². The van der Waals surface area contributed by atoms with Gasteiger partial charge in [0.05, 0.1) is 6.61 Å². The fourth-order valence-electron chi connectivity index (χ4n) is 3.30. The zero-order valence-electron chi connectivity index (χ0n) is 23.2. The van der Waals surface area contributed by atoms with E-state index in [9.17, 15) is 4.79 Å². The van der Waals surface area contributed by atoms with Gasteiger partial charge in [0.2, 0.25) is 0 Å². The highest BCUT2D eigenvalue weighted by Crippen LogP contribution is 2.36. The van der Waals surface area contributed by atoms with E-state index in [1.165, 1.54) is 70.6 Å². The monoisotopic (exact) mass is 484 g/mol. The van der Waals surface area contributed by atoms with E-state index in [2.05, 4.69) is 52.9 Å². The van der Waals surface area contributed by atoms with Crippen LogP contribution in [0.15, 0.2) is 12.2 Å². The molecule has 0 aromatic heterocycles. The van der Waals surface area contributed by atoms with Gasteiger partial charge in [-0.05, 0) is 50.2 Å². The molecule has 1 atom stereocenters. The number of unbranched alkanes of at least 4 members (excludes halogenated alkanes) is 11. The van der Waals surface area contributed by atoms with Gasteiger partial charge in [0.15, 0.2) is 8.32 Å². The first-order valence-electron chi connectivity index (χ1n) is 13.6. The van der Waals surface area contributed by atoms with Crippen LogP contribution in [0.5, 0.6) is 0 Å². The maximum absolute atomic E-state index is 12.0. The Morgan fingerprint density at radius 1 is 0.818 bits per heavy atom. The van der Waals surface area contributed by atoms with Crippen LogP contribution in [0.1, 0.15) is 118 Å². The average Bonchev–Trinajstić information content (AvgIpc) is 2.75. The Labute approximate surface area is 207 Å². The van der Waals surface area contributed by atoms with Crippen molar-refractivity contribution < 1.29 is 18.7 Å². The fraction of sp³-hybridized carbons (Fsp3) is 0.893. The molecule has 1 unspecified atom stereocenters. The summed E-state index contributed by atoms with van der Waals surface area (Å²) in [5.41, 5.74) is 0. The van der Waals surface area contributed by atoms with Crippen molar-refractivity contribution in [2.24, 2.45) is 0 Å². The number of ether oxygens (including phenoxy) is 2. The minimum Gasteiger partial charge on any atom is -0.463 e. The molecule has 0 aliphatic carbocycles. The third-order valence-corrected chi connectivity index (χ3v) is 11.3. The highest BCUT2D eigenvalue weighted by atomic mass is 28.4. The quantitative estimate of drug-likeness (QED) is 0.0708. The number of hydrogen-bond donors (Lipinski definition) is 0. The molecule has 0 saturated carbocycles. The molecule has 0 bridgehead atoms. The largest absolute Gasteiger partial charge is 0.463 e. The highest BCUT2D eigenvalue weighted by molar-refractivity contribution is 6.74. The zero-order valence-corrected chi connectivity index (χ0v) is 24.2. The smallest absolute Gasteiger partial charge is 0.305 e. The molecule has 0 aliphatic heterocycles. The molecule has 0 spiro atoms. The summed E-state index contributed by atoms with van der Waals surface area (Å²) in [6.45, 7) is 14.1. The third-order valence-electron chi connectivity index (χ3n) is 6.84. The summed E-state index contributed by atoms with van der Waals surface area (Å²) >= 11 is 0. The molecule has 0 aliphatic rings. The van der Waals surface area contributed by atoms with Crippen LogP contribution in [-0.2, 0) is 18.7 Å². The molecule has 0 fully saturated rings. The number of carbonyl (C=O) groups is 1. The average molecular weight is 485 g/mol. The lowest BCUT2D eigenvalue weighted by atomic mass is 10.1. The molecule has 196 valence electrons. The highest BCUT2D eigenvalue weighted by Gasteiger charge is 2.37. The Morgan fingerprint density at radius 3 is 1.85 bits per heavy atom. The van der Waals surface area contributed by atoms with Crippen LogP contribution in [0.3, 0.4) is 0 Å². The van der Waals surface area contributed by atoms with Crippen molar-refractivity contribution in [1.82, 2.24) is 0 Å². The van der Waals surface area contributed by atoms with Crippen LogP contribution in [-0.4, -0.2) is 40.7 Å². The van der Waals surface area contributed by atoms with Gasteiger partial charge in [0.1, 0.15) is 12.7 Å². The predicted octanol–water partition coefficient (Wildman–Crippen LogP) is 8.60. The normalized spacial score (nSPS) is 13.5. The lowest BCUT2D eigenvalue weighted by molar-refractivity contribution is -0.148. The molecule has 4 nitrogen and oxygen atoms in total. The summed E-state index contributed by atoms with van der Waals surface area (Å²) in [5, 5.41) is 0.159. The zero-order chi connectivity index (χ0) is 25.0. The molecule has 0 radical (unpaired) electrons. The van der Waals surface area contributed by atoms with Crippen molar-refractivity contribution in [3.8, 4) is 0 Å². The Balaban J connectivity index is 3.65. The van der Waals surface area contributed by atoms with Gasteiger partial charge in [-0.3, -0.25) is 4.79 Å². The van der Waals surface area contributed by atoms with Crippen LogP contribution in [0.25, 0.3) is 0 Å². The van der Waals surface area contributed by atoms with Gasteiger partial charge >= 0.3 is 5.97 Å². The molecule has 5 heteroatoms. The van der Waals surface area contributed by atoms with Crippen LogP contribution in [0, 0.1) is 0 Å². The molecule has 0 N–H and O–H groups in total. The van der Waals surface area contributed by atoms with Gasteiger partial charge in [0.25, 0.3) is 0 Å². The van der Waals surface area contributed by atoms with Gasteiger partial charge in [0, 0.05) is 13.5 Å². The fourth-order valence-corrected chi connectivity index (χ4v) is 4.34. The summed E-state index contributed by atoms with van der Waals surface area (Å²) in [6, 6.07) is 0. The summed E-state index contributed by atoms with van der Waals surface area (Å²) in [4.78, 5) is 12.0. The second-order valence-corrected chi connectivity index (χ2v) is 15.8. The summed E-state index contributed by atoms with van der Waals surface area (Å²) in [7, 11) is -0.170. The van der Waals surface area contributed by atoms with E-state index in [0.29, 0.717) is 13.0 Å². The molecule has 0 rings (SSSR count). The van der Waals surface area contributed by atoms with E-state index in [-0.39, 0.29) is 23.7 Å². The molecule has 0 aromatic carbocycles. The second kappa shape index (κ2) is 19.6. The first-order valence-corrected chi connectivity index (χ1v) is 16.5. The number of methoxy groups -OCH3 is 1. The van der Waals surface area contributed by atoms with E-state index in [4.69, 9.17) is 13.9 Å². The Hall–Kier alpha value is -0.653. The first-order chi connectivity index (χ1) is 15.6. The maximum Gasteiger partial charge on any atom is 0.305 e. The summed E-state index contributed by atoms with van der Waals surface area (Å²) < 4.78 is 17.1. The van der Waals surface area contributed by atoms with Crippen molar-refractivity contribution in [3.63, 3.8) is 0 Å². The lowest BCUT2D eigenvalue weighted by Gasteiger charge is -2.37. The molecule has 0 amide bonds. The molecular weight excluding hydrogens is 428 g/mol. The third kappa shape index (κ3) is 18.4. The van der Waals surface area contributed by atoms with Gasteiger partial charge in [-0.15, -0.1) is 0 Å². The number of esters is 1. The predicted molar refractivity (Wildman–Crippen MR) is 144 cm³/mol. The lowest BCUT2D eigenvalue weighted by Crippen LogP contribution is -2.43. The first kappa shape index (κ1) is 32.3. The van der Waals surface area contributed by atoms with Gasteiger partial charge in [-0.2, -0.15) is 0 Å². The SMILES string of the molecule is CCCCCCCC/C=C\CCCCCCCC(=O)OCC(CO[Si](C)(C)C(C)(C)C)OC. The number of allylic oxidation sites excluding steroid dienone is 2. The van der Waals surface area contributed by atoms with Crippen molar-refractivity contribution in [2.75, 3.05) is 20.3 Å². The van der Waals surface area contributed by atoms with E-state index >= 15 is 0 Å². The van der Waals surface area contributed by atoms with Gasteiger partial charge in [-0.25, -0.2) is 0 Å². The Kier molecular flexibility index (Phi) is 19.2. The molecule has 0 heterocycles. The minimum absolute atomic E-state index is 0.123. The summed E-state index contributed by atoms with van der Waals surface area (Å²) in [6.07, 6.45) is 21.4. The Bertz CT molecular complexity index is 497. The molecule has 0 aromatic rings. The summed E-state index contributed by atoms with van der Waals surface area (Å²) in [5.74, 6) is -0.123. The molecule has 0 saturated heterocycles. The number of rotatable bonds is 21. The van der Waals surface area contributed by atoms with Crippen LogP contribution >= 0.6 is 0 Å². The second-order valence-electron chi connectivity index (χ2n) is 10.9. The molecular formula is C28H56O4Si. The van der Waals surface area contributed by atoms with Crippen LogP contribution in [0.2, 0.25) is 18.1 Å². The van der Waals surface area contributed by atoms with E-state index in [0.717, 1.165) is 12.8 Å². The van der Waals surface area contributed by atoms with Crippen LogP contribution in [0.4, 0.5) is 0 Å². The molecule has 33 heavy (non-hydrogen) atoms. The van der Waals surface area contributed by atoms with Gasteiger partial charge < -0.3 is 13.9 Å². The van der Waals surface area contributed by atoms with Crippen molar-refractivity contribution in [1.29, 1.82) is 0 Å². The maximum atomic E-state index is 12.0. The topological polar surface area (TPSA) is 44.8 Å². The number of carbonyl (C=O) groups excluding carboxylic acids is 1. The standard InChI is InChI=1S/C28H56O4Si/c1-8-9-10-11-12-13-14-15-16-17-18-19-20-21-22-23-27(29)31-24-26(30-5)25-32-33(6,7)28(2,3)4/h15-16,26H,8-14,17-25H2,1-7H3/b16-15-. The van der Waals surface area contributed by atoms with Crippen LogP contribution < -0.4 is 0 Å². The van der Waals surface area contributed by atoms with E-state index < -0.39 is 8.32 Å². The number of hydrogen-bond acceptors (Lipinski definition) is 4. The van der Waals surface area contributed by atoms with Crippen molar-refractivity contribution >= 4 is 14.3 Å². The van der Waals surface area contributed by atoms with E-state index in [1.807, 2.05) is 0 Å².